The second-order valence-electron chi connectivity index (χ2n) is 2.68. The predicted octanol–water partition coefficient (Wildman–Crippen LogP) is -0.422. The van der Waals surface area contributed by atoms with Crippen molar-refractivity contribution in [2.24, 2.45) is 0 Å². The lowest BCUT2D eigenvalue weighted by atomic mass is 10.1. The van der Waals surface area contributed by atoms with E-state index < -0.39 is 24.0 Å². The fourth-order valence-electron chi connectivity index (χ4n) is 0.944. The van der Waals surface area contributed by atoms with E-state index in [2.05, 4.69) is 0 Å². The number of benzene rings is 1. The number of aliphatic carboxylic acids is 1. The lowest BCUT2D eigenvalue weighted by Crippen LogP contribution is -2.32. The van der Waals surface area contributed by atoms with E-state index in [4.69, 9.17) is 0 Å². The molecule has 14 heavy (non-hydrogen) atoms. The van der Waals surface area contributed by atoms with Gasteiger partial charge in [0.15, 0.2) is 11.6 Å². The maximum atomic E-state index is 11.2. The van der Waals surface area contributed by atoms with Gasteiger partial charge in [0.2, 0.25) is 0 Å². The summed E-state index contributed by atoms with van der Waals surface area (Å²) >= 11 is 0. The topological polar surface area (TPSA) is 74.3 Å². The highest BCUT2D eigenvalue weighted by atomic mass is 16.4. The zero-order valence-electron chi connectivity index (χ0n) is 7.23. The standard InChI is InChI=1S/C10H8O4/c11-8(6-9(12)10(13)14)7-4-2-1-3-5-7/h1-5H,6H2,(H,13,14)/p-1. The highest BCUT2D eigenvalue weighted by Crippen LogP contribution is 2.02. The van der Waals surface area contributed by atoms with Crippen LogP contribution in [-0.2, 0) is 9.59 Å². The summed E-state index contributed by atoms with van der Waals surface area (Å²) < 4.78 is 0. The molecule has 0 atom stereocenters. The molecule has 0 unspecified atom stereocenters. The average Bonchev–Trinajstić information content (AvgIpc) is 2.19. The first-order valence-electron chi connectivity index (χ1n) is 3.93. The molecular formula is C10H7O4-. The second kappa shape index (κ2) is 4.32. The summed E-state index contributed by atoms with van der Waals surface area (Å²) in [6.07, 6.45) is -0.646. The van der Waals surface area contributed by atoms with Gasteiger partial charge in [-0.2, -0.15) is 0 Å². The van der Waals surface area contributed by atoms with Crippen LogP contribution in [0.4, 0.5) is 0 Å². The molecule has 1 aromatic rings. The number of rotatable bonds is 4. The van der Waals surface area contributed by atoms with Gasteiger partial charge < -0.3 is 9.90 Å². The van der Waals surface area contributed by atoms with Crippen LogP contribution in [-0.4, -0.2) is 17.5 Å². The van der Waals surface area contributed by atoms with Gasteiger partial charge in [-0.1, -0.05) is 30.3 Å². The van der Waals surface area contributed by atoms with Crippen molar-refractivity contribution < 1.29 is 19.5 Å². The molecule has 0 aliphatic rings. The number of carboxylic acid groups (broad SMARTS) is 1. The van der Waals surface area contributed by atoms with Crippen molar-refractivity contribution in [2.75, 3.05) is 0 Å². The average molecular weight is 191 g/mol. The third-order valence-electron chi connectivity index (χ3n) is 1.64. The van der Waals surface area contributed by atoms with Crippen LogP contribution in [0, 0.1) is 0 Å². The van der Waals surface area contributed by atoms with Crippen LogP contribution in [0.5, 0.6) is 0 Å². The normalized spacial score (nSPS) is 9.43. The fourth-order valence-corrected chi connectivity index (χ4v) is 0.944. The quantitative estimate of drug-likeness (QED) is 0.368. The van der Waals surface area contributed by atoms with E-state index >= 15 is 0 Å². The number of hydrogen-bond donors (Lipinski definition) is 0. The molecule has 0 N–H and O–H groups in total. The minimum atomic E-state index is -1.82. The molecule has 0 spiro atoms. The van der Waals surface area contributed by atoms with E-state index in [0.29, 0.717) is 5.56 Å². The van der Waals surface area contributed by atoms with Gasteiger partial charge in [0.1, 0.15) is 5.97 Å². The summed E-state index contributed by atoms with van der Waals surface area (Å²) in [4.78, 5) is 31.9. The van der Waals surface area contributed by atoms with Crippen molar-refractivity contribution in [1.82, 2.24) is 0 Å². The van der Waals surface area contributed by atoms with E-state index in [9.17, 15) is 19.5 Å². The van der Waals surface area contributed by atoms with Crippen molar-refractivity contribution in [3.63, 3.8) is 0 Å². The summed E-state index contributed by atoms with van der Waals surface area (Å²) in [5.41, 5.74) is 0.321. The Labute approximate surface area is 80.2 Å². The van der Waals surface area contributed by atoms with Crippen molar-refractivity contribution in [3.05, 3.63) is 35.9 Å². The maximum Gasteiger partial charge on any atom is 0.185 e. The van der Waals surface area contributed by atoms with Gasteiger partial charge in [-0.3, -0.25) is 9.59 Å². The van der Waals surface area contributed by atoms with E-state index in [-0.39, 0.29) is 0 Å². The van der Waals surface area contributed by atoms with Gasteiger partial charge in [-0.25, -0.2) is 0 Å². The third-order valence-corrected chi connectivity index (χ3v) is 1.64. The minimum Gasteiger partial charge on any atom is -0.542 e. The van der Waals surface area contributed by atoms with E-state index in [1.54, 1.807) is 18.2 Å². The molecule has 0 aliphatic heterocycles. The Bertz CT molecular complexity index is 367. The number of carboxylic acids is 1. The molecule has 1 aromatic carbocycles. The molecule has 4 nitrogen and oxygen atoms in total. The Kier molecular flexibility index (Phi) is 3.12. The van der Waals surface area contributed by atoms with Gasteiger partial charge in [-0.15, -0.1) is 0 Å². The molecule has 0 radical (unpaired) electrons. The number of carbonyl (C=O) groups excluding carboxylic acids is 3. The van der Waals surface area contributed by atoms with Crippen LogP contribution < -0.4 is 5.11 Å². The molecule has 0 aromatic heterocycles. The molecule has 0 saturated carbocycles. The molecule has 72 valence electrons. The highest BCUT2D eigenvalue weighted by molar-refractivity contribution is 6.36. The lowest BCUT2D eigenvalue weighted by molar-refractivity contribution is -0.299. The fraction of sp³-hybridized carbons (Fsp3) is 0.100. The Morgan fingerprint density at radius 1 is 1.07 bits per heavy atom. The molecule has 1 rings (SSSR count). The molecule has 0 fully saturated rings. The van der Waals surface area contributed by atoms with Crippen LogP contribution in [0.1, 0.15) is 16.8 Å². The monoisotopic (exact) mass is 191 g/mol. The Morgan fingerprint density at radius 3 is 2.14 bits per heavy atom. The zero-order valence-corrected chi connectivity index (χ0v) is 7.23. The first-order chi connectivity index (χ1) is 6.61. The Hall–Kier alpha value is -1.97. The number of carbonyl (C=O) groups is 3. The van der Waals surface area contributed by atoms with Crippen molar-refractivity contribution >= 4 is 17.5 Å². The molecule has 0 heterocycles. The SMILES string of the molecule is O=C([O-])C(=O)CC(=O)c1ccccc1. The minimum absolute atomic E-state index is 0.321. The van der Waals surface area contributed by atoms with Crippen molar-refractivity contribution in [1.29, 1.82) is 0 Å². The van der Waals surface area contributed by atoms with Crippen LogP contribution >= 0.6 is 0 Å². The highest BCUT2D eigenvalue weighted by Gasteiger charge is 2.11. The first-order valence-corrected chi connectivity index (χ1v) is 3.93. The van der Waals surface area contributed by atoms with Gasteiger partial charge in [0.25, 0.3) is 0 Å². The molecule has 4 heteroatoms. The molecule has 0 aliphatic carbocycles. The summed E-state index contributed by atoms with van der Waals surface area (Å²) in [6.45, 7) is 0. The number of ketones is 2. The molecule has 0 bridgehead atoms. The number of hydrogen-bond acceptors (Lipinski definition) is 4. The number of Topliss-reactive ketones (excluding diaryl/α,β-unsaturated/α-hetero) is 2. The molecule has 0 amide bonds. The maximum absolute atomic E-state index is 11.2. The zero-order chi connectivity index (χ0) is 10.6. The predicted molar refractivity (Wildman–Crippen MR) is 45.4 cm³/mol. The van der Waals surface area contributed by atoms with Gasteiger partial charge in [0.05, 0.1) is 6.42 Å². The van der Waals surface area contributed by atoms with E-state index in [1.807, 2.05) is 0 Å². The van der Waals surface area contributed by atoms with Crippen LogP contribution in [0.25, 0.3) is 0 Å². The summed E-state index contributed by atoms with van der Waals surface area (Å²) in [7, 11) is 0. The largest absolute Gasteiger partial charge is 0.542 e. The van der Waals surface area contributed by atoms with Gasteiger partial charge in [-0.05, 0) is 0 Å². The van der Waals surface area contributed by atoms with Crippen LogP contribution in [0.3, 0.4) is 0 Å². The first kappa shape index (κ1) is 10.1. The van der Waals surface area contributed by atoms with Gasteiger partial charge in [0, 0.05) is 5.56 Å². The summed E-state index contributed by atoms with van der Waals surface area (Å²) in [5, 5.41) is 10.1. The van der Waals surface area contributed by atoms with Crippen LogP contribution in [0.2, 0.25) is 0 Å². The van der Waals surface area contributed by atoms with Crippen LogP contribution in [0.15, 0.2) is 30.3 Å². The Balaban J connectivity index is 2.69. The van der Waals surface area contributed by atoms with Crippen molar-refractivity contribution in [2.45, 2.75) is 6.42 Å². The summed E-state index contributed by atoms with van der Waals surface area (Å²) in [6, 6.07) is 8.03. The second-order valence-corrected chi connectivity index (χ2v) is 2.68. The molecular weight excluding hydrogens is 184 g/mol. The van der Waals surface area contributed by atoms with E-state index in [1.165, 1.54) is 12.1 Å². The summed E-state index contributed by atoms with van der Waals surface area (Å²) in [5.74, 6) is -3.53. The van der Waals surface area contributed by atoms with Gasteiger partial charge >= 0.3 is 0 Å². The van der Waals surface area contributed by atoms with Crippen molar-refractivity contribution in [3.8, 4) is 0 Å². The Morgan fingerprint density at radius 2 is 1.64 bits per heavy atom. The molecule has 0 saturated heterocycles. The van der Waals surface area contributed by atoms with E-state index in [0.717, 1.165) is 0 Å². The smallest absolute Gasteiger partial charge is 0.185 e. The lowest BCUT2D eigenvalue weighted by Gasteiger charge is -2.00. The third kappa shape index (κ3) is 2.52.